The molecule has 4 heterocycles. The van der Waals surface area contributed by atoms with Crippen molar-refractivity contribution in [3.8, 4) is 0 Å². The van der Waals surface area contributed by atoms with Gasteiger partial charge >= 0.3 is 0 Å². The Morgan fingerprint density at radius 2 is 1.73 bits per heavy atom. The number of ether oxygens (including phenoxy) is 1. The van der Waals surface area contributed by atoms with Crippen LogP contribution in [0.2, 0.25) is 0 Å². The molecule has 0 saturated carbocycles. The quantitative estimate of drug-likeness (QED) is 0.575. The second kappa shape index (κ2) is 8.02. The van der Waals surface area contributed by atoms with Gasteiger partial charge in [0.25, 0.3) is 0 Å². The SMILES string of the molecule is O=S(=O)(c1cccc2nsnc12)N1CCN(c2ccnc(N3CCOCC3)n2)CC1. The fourth-order valence-electron chi connectivity index (χ4n) is 3.72. The lowest BCUT2D eigenvalue weighted by molar-refractivity contribution is 0.122. The Labute approximate surface area is 178 Å². The van der Waals surface area contributed by atoms with Crippen molar-refractivity contribution in [2.75, 3.05) is 62.3 Å². The normalized spacial score (nSPS) is 18.8. The number of nitrogens with zero attached hydrogens (tertiary/aromatic N) is 7. The van der Waals surface area contributed by atoms with Crippen molar-refractivity contribution in [3.63, 3.8) is 0 Å². The maximum absolute atomic E-state index is 13.2. The number of fused-ring (bicyclic) bond motifs is 1. The number of morpholine rings is 1. The van der Waals surface area contributed by atoms with E-state index in [0.29, 0.717) is 56.4 Å². The zero-order valence-electron chi connectivity index (χ0n) is 16.2. The van der Waals surface area contributed by atoms with Gasteiger partial charge in [-0.15, -0.1) is 0 Å². The summed E-state index contributed by atoms with van der Waals surface area (Å²) >= 11 is 1.02. The third-order valence-electron chi connectivity index (χ3n) is 5.35. The fourth-order valence-corrected chi connectivity index (χ4v) is 5.89. The van der Waals surface area contributed by atoms with Crippen LogP contribution in [0.25, 0.3) is 11.0 Å². The zero-order valence-corrected chi connectivity index (χ0v) is 17.8. The van der Waals surface area contributed by atoms with Gasteiger partial charge in [-0.2, -0.15) is 18.0 Å². The van der Waals surface area contributed by atoms with Crippen molar-refractivity contribution in [1.29, 1.82) is 0 Å². The predicted molar refractivity (Wildman–Crippen MR) is 113 cm³/mol. The molecule has 2 aromatic heterocycles. The Hall–Kier alpha value is -2.41. The van der Waals surface area contributed by atoms with E-state index < -0.39 is 10.0 Å². The maximum atomic E-state index is 13.2. The van der Waals surface area contributed by atoms with E-state index >= 15 is 0 Å². The Balaban J connectivity index is 1.31. The van der Waals surface area contributed by atoms with Gasteiger partial charge in [0.15, 0.2) is 0 Å². The summed E-state index contributed by atoms with van der Waals surface area (Å²) < 4.78 is 41.6. The van der Waals surface area contributed by atoms with Crippen LogP contribution in [0, 0.1) is 0 Å². The van der Waals surface area contributed by atoms with Crippen LogP contribution in [0.1, 0.15) is 0 Å². The highest BCUT2D eigenvalue weighted by atomic mass is 32.2. The number of benzene rings is 1. The molecule has 158 valence electrons. The molecule has 0 aliphatic carbocycles. The number of rotatable bonds is 4. The van der Waals surface area contributed by atoms with E-state index in [2.05, 4.69) is 23.5 Å². The third kappa shape index (κ3) is 3.60. The Morgan fingerprint density at radius 3 is 2.53 bits per heavy atom. The number of sulfonamides is 1. The molecule has 0 bridgehead atoms. The van der Waals surface area contributed by atoms with Crippen LogP contribution < -0.4 is 9.80 Å². The van der Waals surface area contributed by atoms with E-state index in [1.807, 2.05) is 6.07 Å². The van der Waals surface area contributed by atoms with Gasteiger partial charge in [0.05, 0.1) is 24.9 Å². The Morgan fingerprint density at radius 1 is 0.933 bits per heavy atom. The summed E-state index contributed by atoms with van der Waals surface area (Å²) in [6.07, 6.45) is 1.76. The van der Waals surface area contributed by atoms with Crippen LogP contribution in [0.15, 0.2) is 35.4 Å². The summed E-state index contributed by atoms with van der Waals surface area (Å²) in [6.45, 7) is 4.77. The van der Waals surface area contributed by atoms with Gasteiger partial charge in [0.1, 0.15) is 21.7 Å². The number of aromatic nitrogens is 4. The van der Waals surface area contributed by atoms with Gasteiger partial charge in [-0.05, 0) is 18.2 Å². The molecule has 12 heteroatoms. The molecule has 2 aliphatic rings. The highest BCUT2D eigenvalue weighted by Gasteiger charge is 2.31. The number of piperazine rings is 1. The molecule has 2 fully saturated rings. The van der Waals surface area contributed by atoms with E-state index in [9.17, 15) is 8.42 Å². The fraction of sp³-hybridized carbons (Fsp3) is 0.444. The first kappa shape index (κ1) is 19.5. The molecular formula is C18H21N7O3S2. The second-order valence-corrected chi connectivity index (χ2v) is 9.53. The van der Waals surface area contributed by atoms with Gasteiger partial charge in [-0.1, -0.05) is 6.07 Å². The van der Waals surface area contributed by atoms with Crippen molar-refractivity contribution in [2.24, 2.45) is 0 Å². The second-order valence-electron chi connectivity index (χ2n) is 7.09. The molecule has 5 rings (SSSR count). The number of anilines is 2. The van der Waals surface area contributed by atoms with E-state index in [1.54, 1.807) is 24.4 Å². The van der Waals surface area contributed by atoms with Crippen molar-refractivity contribution >= 4 is 44.6 Å². The van der Waals surface area contributed by atoms with Crippen molar-refractivity contribution < 1.29 is 13.2 Å². The molecule has 2 saturated heterocycles. The minimum Gasteiger partial charge on any atom is -0.378 e. The third-order valence-corrected chi connectivity index (χ3v) is 7.82. The van der Waals surface area contributed by atoms with Crippen molar-refractivity contribution in [2.45, 2.75) is 4.90 Å². The highest BCUT2D eigenvalue weighted by molar-refractivity contribution is 7.89. The lowest BCUT2D eigenvalue weighted by atomic mass is 10.3. The molecule has 10 nitrogen and oxygen atoms in total. The van der Waals surface area contributed by atoms with E-state index in [1.165, 1.54) is 4.31 Å². The molecule has 3 aromatic rings. The smallest absolute Gasteiger partial charge is 0.245 e. The topological polar surface area (TPSA) is 105 Å². The van der Waals surface area contributed by atoms with E-state index in [-0.39, 0.29) is 4.90 Å². The Bertz CT molecular complexity index is 1140. The average molecular weight is 448 g/mol. The molecule has 0 N–H and O–H groups in total. The van der Waals surface area contributed by atoms with Gasteiger partial charge in [-0.3, -0.25) is 0 Å². The molecule has 0 spiro atoms. The summed E-state index contributed by atoms with van der Waals surface area (Å²) in [5, 5.41) is 0. The molecule has 2 aliphatic heterocycles. The van der Waals surface area contributed by atoms with Crippen LogP contribution in [0.5, 0.6) is 0 Å². The summed E-state index contributed by atoms with van der Waals surface area (Å²) in [6, 6.07) is 6.96. The maximum Gasteiger partial charge on any atom is 0.245 e. The Kier molecular flexibility index (Phi) is 5.23. The minimum absolute atomic E-state index is 0.221. The molecule has 0 amide bonds. The van der Waals surface area contributed by atoms with Gasteiger partial charge in [-0.25, -0.2) is 13.4 Å². The standard InChI is InChI=1S/C18H21N7O3S2/c26-30(27,15-3-1-2-14-17(15)22-29-21-14)25-8-6-23(7-9-25)16-4-5-19-18(20-16)24-10-12-28-13-11-24/h1-5H,6-13H2. The zero-order chi connectivity index (χ0) is 20.6. The molecule has 0 unspecified atom stereocenters. The summed E-state index contributed by atoms with van der Waals surface area (Å²) in [4.78, 5) is 13.5. The first-order chi connectivity index (χ1) is 14.6. The minimum atomic E-state index is -3.63. The van der Waals surface area contributed by atoms with Gasteiger partial charge in [0.2, 0.25) is 16.0 Å². The number of hydrogen-bond acceptors (Lipinski definition) is 10. The summed E-state index contributed by atoms with van der Waals surface area (Å²) in [5.74, 6) is 1.50. The largest absolute Gasteiger partial charge is 0.378 e. The van der Waals surface area contributed by atoms with Crippen LogP contribution in [-0.4, -0.2) is 83.9 Å². The van der Waals surface area contributed by atoms with E-state index in [4.69, 9.17) is 9.72 Å². The lowest BCUT2D eigenvalue weighted by Gasteiger charge is -2.35. The molecule has 30 heavy (non-hydrogen) atoms. The first-order valence-electron chi connectivity index (χ1n) is 9.75. The summed E-state index contributed by atoms with van der Waals surface area (Å²) in [7, 11) is -3.63. The van der Waals surface area contributed by atoms with E-state index in [0.717, 1.165) is 30.6 Å². The lowest BCUT2D eigenvalue weighted by Crippen LogP contribution is -2.49. The summed E-state index contributed by atoms with van der Waals surface area (Å²) in [5.41, 5.74) is 1.05. The van der Waals surface area contributed by atoms with Crippen LogP contribution in [-0.2, 0) is 14.8 Å². The molecule has 0 radical (unpaired) electrons. The monoisotopic (exact) mass is 447 g/mol. The van der Waals surface area contributed by atoms with Crippen molar-refractivity contribution in [1.82, 2.24) is 23.0 Å². The average Bonchev–Trinajstić information content (AvgIpc) is 3.29. The number of hydrogen-bond donors (Lipinski definition) is 0. The molecule has 0 atom stereocenters. The van der Waals surface area contributed by atoms with Gasteiger partial charge in [0, 0.05) is 45.5 Å². The van der Waals surface area contributed by atoms with Crippen LogP contribution in [0.3, 0.4) is 0 Å². The molecule has 1 aromatic carbocycles. The first-order valence-corrected chi connectivity index (χ1v) is 11.9. The van der Waals surface area contributed by atoms with Crippen molar-refractivity contribution in [3.05, 3.63) is 30.5 Å². The predicted octanol–water partition coefficient (Wildman–Crippen LogP) is 0.829. The van der Waals surface area contributed by atoms with Gasteiger partial charge < -0.3 is 14.5 Å². The van der Waals surface area contributed by atoms with Crippen LogP contribution >= 0.6 is 11.7 Å². The van der Waals surface area contributed by atoms with Crippen LogP contribution in [0.4, 0.5) is 11.8 Å². The highest BCUT2D eigenvalue weighted by Crippen LogP contribution is 2.26. The molecular weight excluding hydrogens is 426 g/mol.